The monoisotopic (exact) mass is 900 g/mol. The van der Waals surface area contributed by atoms with Crippen molar-refractivity contribution < 1.29 is 0 Å². The Bertz CT molecular complexity index is 4160. The molecule has 14 aromatic rings. The normalized spacial score (nSPS) is 12.2. The number of hydrogen-bond donors (Lipinski definition) is 0. The van der Waals surface area contributed by atoms with Crippen molar-refractivity contribution in [3.8, 4) is 67.0 Å². The van der Waals surface area contributed by atoms with Gasteiger partial charge in [0.1, 0.15) is 0 Å². The lowest BCUT2D eigenvalue weighted by atomic mass is 9.83. The van der Waals surface area contributed by atoms with Gasteiger partial charge >= 0.3 is 0 Å². The fraction of sp³-hybridized carbons (Fsp3) is 0.0145. The van der Waals surface area contributed by atoms with E-state index in [1.54, 1.807) is 0 Å². The van der Waals surface area contributed by atoms with Crippen LogP contribution in [0.2, 0.25) is 0 Å². The first-order chi connectivity index (χ1) is 35.2. The van der Waals surface area contributed by atoms with Crippen LogP contribution in [-0.2, 0) is 6.42 Å². The van der Waals surface area contributed by atoms with E-state index in [4.69, 9.17) is 0 Å². The van der Waals surface area contributed by atoms with Crippen molar-refractivity contribution in [3.05, 3.63) is 266 Å². The molecule has 15 rings (SSSR count). The van der Waals surface area contributed by atoms with Crippen molar-refractivity contribution in [2.75, 3.05) is 0 Å². The van der Waals surface area contributed by atoms with E-state index in [0.29, 0.717) is 0 Å². The summed E-state index contributed by atoms with van der Waals surface area (Å²) in [6, 6.07) is 94.7. The molecule has 2 nitrogen and oxygen atoms in total. The van der Waals surface area contributed by atoms with Crippen LogP contribution in [0.4, 0.5) is 0 Å². The third kappa shape index (κ3) is 6.01. The maximum Gasteiger partial charge on any atom is 0.0541 e. The highest BCUT2D eigenvalue weighted by Crippen LogP contribution is 2.52. The summed E-state index contributed by atoms with van der Waals surface area (Å²) >= 11 is 0. The Morgan fingerprint density at radius 1 is 0.225 bits per heavy atom. The molecule has 2 heteroatoms. The zero-order valence-corrected chi connectivity index (χ0v) is 38.9. The molecule has 2 heterocycles. The molecule has 0 N–H and O–H groups in total. The van der Waals surface area contributed by atoms with Gasteiger partial charge in [-0.3, -0.25) is 0 Å². The van der Waals surface area contributed by atoms with Crippen LogP contribution in [0, 0.1) is 0 Å². The van der Waals surface area contributed by atoms with E-state index in [1.807, 2.05) is 0 Å². The van der Waals surface area contributed by atoms with Crippen LogP contribution in [-0.4, -0.2) is 9.13 Å². The number of para-hydroxylation sites is 4. The Kier molecular flexibility index (Phi) is 8.75. The molecule has 1 aliphatic carbocycles. The Morgan fingerprint density at radius 3 is 1.03 bits per heavy atom. The quantitative estimate of drug-likeness (QED) is 0.157. The predicted octanol–water partition coefficient (Wildman–Crippen LogP) is 18.4. The van der Waals surface area contributed by atoms with E-state index in [1.165, 1.54) is 132 Å². The zero-order chi connectivity index (χ0) is 46.6. The first-order valence-electron chi connectivity index (χ1n) is 24.7. The molecule has 71 heavy (non-hydrogen) atoms. The van der Waals surface area contributed by atoms with Crippen LogP contribution in [0.25, 0.3) is 132 Å². The summed E-state index contributed by atoms with van der Waals surface area (Å²) < 4.78 is 4.83. The number of aromatic nitrogens is 2. The molecular weight excluding hydrogens is 857 g/mol. The van der Waals surface area contributed by atoms with Crippen LogP contribution in [0.3, 0.4) is 0 Å². The van der Waals surface area contributed by atoms with Gasteiger partial charge < -0.3 is 9.13 Å². The number of fused-ring (bicyclic) bond motifs is 7. The van der Waals surface area contributed by atoms with Crippen LogP contribution in [0.1, 0.15) is 11.1 Å². The molecular formula is C69H44N2. The van der Waals surface area contributed by atoms with Crippen LogP contribution >= 0.6 is 0 Å². The summed E-state index contributed by atoms with van der Waals surface area (Å²) in [5, 5.41) is 10.2. The second-order valence-electron chi connectivity index (χ2n) is 19.1. The predicted molar refractivity (Wildman–Crippen MR) is 300 cm³/mol. The van der Waals surface area contributed by atoms with Crippen LogP contribution < -0.4 is 0 Å². The second kappa shape index (κ2) is 15.6. The van der Waals surface area contributed by atoms with Gasteiger partial charge in [-0.2, -0.15) is 0 Å². The average Bonchev–Trinajstić information content (AvgIpc) is 3.90. The van der Waals surface area contributed by atoms with E-state index >= 15 is 0 Å². The summed E-state index contributed by atoms with van der Waals surface area (Å²) in [4.78, 5) is 0. The van der Waals surface area contributed by atoms with Gasteiger partial charge in [0.15, 0.2) is 0 Å². The molecule has 0 saturated heterocycles. The van der Waals surface area contributed by atoms with Gasteiger partial charge in [-0.15, -0.1) is 0 Å². The maximum atomic E-state index is 2.50. The zero-order valence-electron chi connectivity index (χ0n) is 38.9. The fourth-order valence-corrected chi connectivity index (χ4v) is 12.3. The summed E-state index contributed by atoms with van der Waals surface area (Å²) in [6.07, 6.45) is 0.753. The maximum absolute atomic E-state index is 2.50. The van der Waals surface area contributed by atoms with E-state index < -0.39 is 0 Å². The molecule has 0 atom stereocenters. The van der Waals surface area contributed by atoms with Gasteiger partial charge in [-0.25, -0.2) is 0 Å². The summed E-state index contributed by atoms with van der Waals surface area (Å²) in [7, 11) is 0. The lowest BCUT2D eigenvalue weighted by Crippen LogP contribution is -1.99. The lowest BCUT2D eigenvalue weighted by Gasteiger charge is -2.20. The Labute approximate surface area is 411 Å². The minimum atomic E-state index is 0.753. The van der Waals surface area contributed by atoms with Crippen molar-refractivity contribution in [2.45, 2.75) is 6.42 Å². The van der Waals surface area contributed by atoms with Gasteiger partial charge in [0.25, 0.3) is 0 Å². The first-order valence-corrected chi connectivity index (χ1v) is 24.7. The molecule has 0 aliphatic heterocycles. The molecule has 0 radical (unpaired) electrons. The first kappa shape index (κ1) is 39.7. The molecule has 330 valence electrons. The molecule has 2 aromatic heterocycles. The molecule has 0 amide bonds. The Balaban J connectivity index is 1.05. The Hall–Kier alpha value is -9.24. The molecule has 0 spiro atoms. The molecule has 0 saturated carbocycles. The summed E-state index contributed by atoms with van der Waals surface area (Å²) in [5.74, 6) is 0. The van der Waals surface area contributed by atoms with Gasteiger partial charge in [0.05, 0.1) is 22.1 Å². The number of hydrogen-bond acceptors (Lipinski definition) is 0. The molecule has 12 aromatic carbocycles. The van der Waals surface area contributed by atoms with E-state index in [-0.39, 0.29) is 0 Å². The standard InChI is InChI=1S/C69H44N2/c1-5-19-44(20-6-1)56-41-58(46-35-37-66-60(39-46)50-27-13-15-33-64(50)70(66)48-23-9-3-10-24-48)62-43-63-59(47-36-38-67-61(40-47)51-28-14-16-34-65(51)71(67)49-25-11-4-12-26-49)42-57(45-21-7-2-8-22-45)55-32-18-30-53(69(55)63)52-29-17-31-54(56)68(52)62/h1-42H,43H2. The molecule has 0 bridgehead atoms. The van der Waals surface area contributed by atoms with Crippen molar-refractivity contribution in [3.63, 3.8) is 0 Å². The number of benzene rings is 12. The third-order valence-electron chi connectivity index (χ3n) is 15.3. The van der Waals surface area contributed by atoms with Gasteiger partial charge in [-0.1, -0.05) is 182 Å². The second-order valence-corrected chi connectivity index (χ2v) is 19.1. The third-order valence-corrected chi connectivity index (χ3v) is 15.3. The topological polar surface area (TPSA) is 9.86 Å². The highest BCUT2D eigenvalue weighted by molar-refractivity contribution is 6.19. The molecule has 1 aliphatic rings. The van der Waals surface area contributed by atoms with Gasteiger partial charge in [0, 0.05) is 32.9 Å². The smallest absolute Gasteiger partial charge is 0.0541 e. The highest BCUT2D eigenvalue weighted by Gasteiger charge is 2.28. The average molecular weight is 901 g/mol. The molecule has 0 fully saturated rings. The van der Waals surface area contributed by atoms with Crippen molar-refractivity contribution >= 4 is 65.2 Å². The Morgan fingerprint density at radius 2 is 0.592 bits per heavy atom. The minimum Gasteiger partial charge on any atom is -0.309 e. The van der Waals surface area contributed by atoms with Gasteiger partial charge in [0.2, 0.25) is 0 Å². The SMILES string of the molecule is c1ccc(-c2cc(-c3ccc4c(c3)c3ccccc3n4-c3ccccc3)c3c4c(cccc24)-c2cccc4c(-c5ccccc5)cc(-c5ccc6c(c5)c5ccccc5n6-c5ccccc5)c(c24)C3)cc1. The van der Waals surface area contributed by atoms with Crippen molar-refractivity contribution in [2.24, 2.45) is 0 Å². The van der Waals surface area contributed by atoms with Crippen LogP contribution in [0.5, 0.6) is 0 Å². The fourth-order valence-electron chi connectivity index (χ4n) is 12.3. The number of nitrogens with zero attached hydrogens (tertiary/aromatic N) is 2. The summed E-state index contributed by atoms with van der Waals surface area (Å²) in [5.41, 5.74) is 22.3. The van der Waals surface area contributed by atoms with Crippen molar-refractivity contribution in [1.29, 1.82) is 0 Å². The molecule has 0 unspecified atom stereocenters. The summed E-state index contributed by atoms with van der Waals surface area (Å²) in [6.45, 7) is 0. The lowest BCUT2D eigenvalue weighted by molar-refractivity contribution is 1.18. The largest absolute Gasteiger partial charge is 0.309 e. The van der Waals surface area contributed by atoms with E-state index in [9.17, 15) is 0 Å². The minimum absolute atomic E-state index is 0.753. The number of rotatable bonds is 6. The van der Waals surface area contributed by atoms with Crippen molar-refractivity contribution in [1.82, 2.24) is 9.13 Å². The van der Waals surface area contributed by atoms with Crippen LogP contribution in [0.15, 0.2) is 255 Å². The van der Waals surface area contributed by atoms with E-state index in [0.717, 1.165) is 17.8 Å². The van der Waals surface area contributed by atoms with Gasteiger partial charge in [-0.05, 0) is 168 Å². The highest BCUT2D eigenvalue weighted by atomic mass is 15.0. The van der Waals surface area contributed by atoms with E-state index in [2.05, 4.69) is 264 Å².